The Morgan fingerprint density at radius 2 is 2.04 bits per heavy atom. The number of hydrogen-bond donors (Lipinski definition) is 1. The third-order valence-electron chi connectivity index (χ3n) is 4.70. The van der Waals surface area contributed by atoms with Gasteiger partial charge in [-0.1, -0.05) is 11.6 Å². The summed E-state index contributed by atoms with van der Waals surface area (Å²) in [6.07, 6.45) is 6.96. The van der Waals surface area contributed by atoms with Gasteiger partial charge in [0.1, 0.15) is 5.52 Å². The Morgan fingerprint density at radius 3 is 2.80 bits per heavy atom. The molecule has 1 aliphatic rings. The quantitative estimate of drug-likeness (QED) is 0.759. The average molecular weight is 356 g/mol. The van der Waals surface area contributed by atoms with Gasteiger partial charge in [0.05, 0.1) is 5.56 Å². The van der Waals surface area contributed by atoms with Gasteiger partial charge in [0, 0.05) is 29.4 Å². The molecule has 2 heterocycles. The highest BCUT2D eigenvalue weighted by molar-refractivity contribution is 6.31. The normalized spacial score (nSPS) is 20.5. The highest BCUT2D eigenvalue weighted by atomic mass is 35.5. The van der Waals surface area contributed by atoms with E-state index >= 15 is 0 Å². The van der Waals surface area contributed by atoms with Crippen molar-refractivity contribution in [3.05, 3.63) is 59.2 Å². The maximum absolute atomic E-state index is 12.2. The number of carbonyl (C=O) groups excluding carboxylic acids is 1. The van der Waals surface area contributed by atoms with Gasteiger partial charge in [-0.15, -0.1) is 0 Å². The molecule has 1 amide bonds. The summed E-state index contributed by atoms with van der Waals surface area (Å²) in [4.78, 5) is 20.8. The largest absolute Gasteiger partial charge is 0.440 e. The molecule has 1 fully saturated rings. The summed E-state index contributed by atoms with van der Waals surface area (Å²) < 4.78 is 5.88. The number of fused-ring (bicyclic) bond motifs is 1. The number of nitrogens with one attached hydrogen (secondary N) is 1. The molecule has 0 bridgehead atoms. The summed E-state index contributed by atoms with van der Waals surface area (Å²) in [6.45, 7) is 0. The van der Waals surface area contributed by atoms with Gasteiger partial charge in [0.25, 0.3) is 5.91 Å². The molecule has 6 heteroatoms. The van der Waals surface area contributed by atoms with E-state index in [2.05, 4.69) is 15.3 Å². The summed E-state index contributed by atoms with van der Waals surface area (Å²) in [5.74, 6) is 1.00. The number of oxazole rings is 1. The maximum Gasteiger partial charge on any atom is 0.253 e. The van der Waals surface area contributed by atoms with E-state index in [0.29, 0.717) is 10.6 Å². The number of rotatable bonds is 3. The van der Waals surface area contributed by atoms with Gasteiger partial charge in [-0.3, -0.25) is 9.78 Å². The Morgan fingerprint density at radius 1 is 1.20 bits per heavy atom. The van der Waals surface area contributed by atoms with Crippen LogP contribution < -0.4 is 5.32 Å². The third-order valence-corrected chi connectivity index (χ3v) is 4.94. The number of nitrogens with zero attached hydrogens (tertiary/aromatic N) is 2. The molecule has 3 aromatic rings. The predicted molar refractivity (Wildman–Crippen MR) is 95.7 cm³/mol. The van der Waals surface area contributed by atoms with Gasteiger partial charge in [-0.2, -0.15) is 0 Å². The Bertz CT molecular complexity index is 886. The van der Waals surface area contributed by atoms with Crippen molar-refractivity contribution in [2.75, 3.05) is 0 Å². The Hall–Kier alpha value is -2.40. The van der Waals surface area contributed by atoms with Gasteiger partial charge in [-0.25, -0.2) is 4.98 Å². The molecule has 0 unspecified atom stereocenters. The van der Waals surface area contributed by atoms with E-state index in [-0.39, 0.29) is 17.9 Å². The zero-order valence-electron chi connectivity index (χ0n) is 13.6. The minimum absolute atomic E-state index is 0.0620. The molecular formula is C19H18ClN3O2. The lowest BCUT2D eigenvalue weighted by Crippen LogP contribution is -2.37. The lowest BCUT2D eigenvalue weighted by molar-refractivity contribution is 0.0924. The zero-order chi connectivity index (χ0) is 17.2. The van der Waals surface area contributed by atoms with Crippen molar-refractivity contribution >= 4 is 28.6 Å². The first-order valence-corrected chi connectivity index (χ1v) is 8.84. The lowest BCUT2D eigenvalue weighted by atomic mass is 9.86. The predicted octanol–water partition coefficient (Wildman–Crippen LogP) is 4.33. The number of benzene rings is 1. The van der Waals surface area contributed by atoms with Crippen LogP contribution in [0, 0.1) is 0 Å². The summed E-state index contributed by atoms with van der Waals surface area (Å²) >= 11 is 6.01. The molecule has 1 aliphatic carbocycles. The van der Waals surface area contributed by atoms with E-state index < -0.39 is 0 Å². The van der Waals surface area contributed by atoms with E-state index in [1.54, 1.807) is 24.5 Å². The van der Waals surface area contributed by atoms with Crippen molar-refractivity contribution in [2.45, 2.75) is 37.6 Å². The number of pyridine rings is 1. The second kappa shape index (κ2) is 6.84. The molecule has 5 nitrogen and oxygen atoms in total. The van der Waals surface area contributed by atoms with Crippen LogP contribution in [0.2, 0.25) is 5.02 Å². The maximum atomic E-state index is 12.2. The molecule has 0 aliphatic heterocycles. The SMILES string of the molecule is O=C(NC1CCC(c2nc3cc(Cl)ccc3o2)CC1)c1cccnc1. The smallest absolute Gasteiger partial charge is 0.253 e. The molecule has 2 aromatic heterocycles. The van der Waals surface area contributed by atoms with E-state index in [0.717, 1.165) is 42.7 Å². The van der Waals surface area contributed by atoms with Gasteiger partial charge in [-0.05, 0) is 56.0 Å². The van der Waals surface area contributed by atoms with Crippen LogP contribution in [0.5, 0.6) is 0 Å². The molecule has 0 radical (unpaired) electrons. The van der Waals surface area contributed by atoms with E-state index in [1.807, 2.05) is 18.2 Å². The minimum Gasteiger partial charge on any atom is -0.440 e. The van der Waals surface area contributed by atoms with E-state index in [4.69, 9.17) is 16.0 Å². The van der Waals surface area contributed by atoms with Crippen molar-refractivity contribution < 1.29 is 9.21 Å². The molecule has 0 atom stereocenters. The van der Waals surface area contributed by atoms with Gasteiger partial charge >= 0.3 is 0 Å². The number of carbonyl (C=O) groups is 1. The van der Waals surface area contributed by atoms with Gasteiger partial charge in [0.2, 0.25) is 0 Å². The molecule has 1 aromatic carbocycles. The number of halogens is 1. The van der Waals surface area contributed by atoms with Crippen LogP contribution in [0.3, 0.4) is 0 Å². The van der Waals surface area contributed by atoms with E-state index in [1.165, 1.54) is 0 Å². The van der Waals surface area contributed by atoms with Crippen LogP contribution in [0.4, 0.5) is 0 Å². The minimum atomic E-state index is -0.0620. The molecule has 128 valence electrons. The average Bonchev–Trinajstić information content (AvgIpc) is 3.06. The van der Waals surface area contributed by atoms with Crippen LogP contribution >= 0.6 is 11.6 Å². The molecular weight excluding hydrogens is 338 g/mol. The summed E-state index contributed by atoms with van der Waals surface area (Å²) in [5.41, 5.74) is 2.17. The number of aromatic nitrogens is 2. The van der Waals surface area contributed by atoms with Crippen LogP contribution in [0.25, 0.3) is 11.1 Å². The van der Waals surface area contributed by atoms with Gasteiger partial charge < -0.3 is 9.73 Å². The Labute approximate surface area is 150 Å². The fraction of sp³-hybridized carbons (Fsp3) is 0.316. The topological polar surface area (TPSA) is 68.0 Å². The summed E-state index contributed by atoms with van der Waals surface area (Å²) in [5, 5.41) is 3.76. The molecule has 4 rings (SSSR count). The highest BCUT2D eigenvalue weighted by Crippen LogP contribution is 2.34. The molecule has 0 saturated heterocycles. The van der Waals surface area contributed by atoms with Crippen molar-refractivity contribution in [3.8, 4) is 0 Å². The summed E-state index contributed by atoms with van der Waals surface area (Å²) in [7, 11) is 0. The lowest BCUT2D eigenvalue weighted by Gasteiger charge is -2.27. The zero-order valence-corrected chi connectivity index (χ0v) is 14.4. The number of amides is 1. The first-order valence-electron chi connectivity index (χ1n) is 8.46. The molecule has 0 spiro atoms. The van der Waals surface area contributed by atoms with Gasteiger partial charge in [0.15, 0.2) is 11.5 Å². The summed E-state index contributed by atoms with van der Waals surface area (Å²) in [6, 6.07) is 9.21. The molecule has 25 heavy (non-hydrogen) atoms. The van der Waals surface area contributed by atoms with Crippen molar-refractivity contribution in [1.82, 2.24) is 15.3 Å². The first-order chi connectivity index (χ1) is 12.2. The van der Waals surface area contributed by atoms with Crippen LogP contribution in [-0.4, -0.2) is 21.9 Å². The molecule has 1 saturated carbocycles. The number of hydrogen-bond acceptors (Lipinski definition) is 4. The second-order valence-electron chi connectivity index (χ2n) is 6.43. The van der Waals surface area contributed by atoms with E-state index in [9.17, 15) is 4.79 Å². The fourth-order valence-electron chi connectivity index (χ4n) is 3.34. The Kier molecular flexibility index (Phi) is 4.40. The monoisotopic (exact) mass is 355 g/mol. The van der Waals surface area contributed by atoms with Crippen molar-refractivity contribution in [3.63, 3.8) is 0 Å². The highest BCUT2D eigenvalue weighted by Gasteiger charge is 2.27. The molecule has 1 N–H and O–H groups in total. The van der Waals surface area contributed by atoms with Crippen LogP contribution in [0.1, 0.15) is 47.8 Å². The Balaban J connectivity index is 1.38. The standard InChI is InChI=1S/C19H18ClN3O2/c20-14-5-8-17-16(10-14)23-19(25-17)12-3-6-15(7-4-12)22-18(24)13-2-1-9-21-11-13/h1-2,5,8-12,15H,3-4,6-7H2,(H,22,24). The van der Waals surface area contributed by atoms with Crippen LogP contribution in [0.15, 0.2) is 47.1 Å². The van der Waals surface area contributed by atoms with Crippen molar-refractivity contribution in [1.29, 1.82) is 0 Å². The second-order valence-corrected chi connectivity index (χ2v) is 6.86. The first kappa shape index (κ1) is 16.1. The fourth-order valence-corrected chi connectivity index (χ4v) is 3.51. The van der Waals surface area contributed by atoms with Crippen LogP contribution in [-0.2, 0) is 0 Å². The third kappa shape index (κ3) is 3.51. The van der Waals surface area contributed by atoms with Crippen molar-refractivity contribution in [2.24, 2.45) is 0 Å².